The van der Waals surface area contributed by atoms with Crippen LogP contribution in [0, 0.1) is 0 Å². The lowest BCUT2D eigenvalue weighted by molar-refractivity contribution is -0.123. The summed E-state index contributed by atoms with van der Waals surface area (Å²) in [5, 5.41) is 10.8. The number of benzene rings is 2. The van der Waals surface area contributed by atoms with E-state index in [4.69, 9.17) is 23.2 Å². The first-order chi connectivity index (χ1) is 13.0. The van der Waals surface area contributed by atoms with Crippen molar-refractivity contribution in [2.24, 2.45) is 0 Å². The molecule has 136 valence electrons. The third-order valence-corrected chi connectivity index (χ3v) is 4.67. The zero-order valence-corrected chi connectivity index (χ0v) is 15.3. The molecule has 0 radical (unpaired) electrons. The first kappa shape index (κ1) is 17.5. The summed E-state index contributed by atoms with van der Waals surface area (Å²) in [5.41, 5.74) is 1.25. The van der Waals surface area contributed by atoms with E-state index in [0.29, 0.717) is 27.5 Å². The predicted octanol–water partition coefficient (Wildman–Crippen LogP) is 3.77. The molecule has 2 aromatic carbocycles. The third kappa shape index (κ3) is 3.51. The quantitative estimate of drug-likeness (QED) is 0.695. The van der Waals surface area contributed by atoms with Crippen molar-refractivity contribution in [3.05, 3.63) is 58.6 Å². The molecule has 2 heterocycles. The Morgan fingerprint density at radius 1 is 1.15 bits per heavy atom. The largest absolute Gasteiger partial charge is 0.325 e. The fourth-order valence-corrected chi connectivity index (χ4v) is 3.08. The highest BCUT2D eigenvalue weighted by molar-refractivity contribution is 6.33. The molecule has 2 N–H and O–H groups in total. The Hall–Kier alpha value is -2.90. The van der Waals surface area contributed by atoms with Crippen LogP contribution in [-0.4, -0.2) is 26.6 Å². The lowest BCUT2D eigenvalue weighted by Crippen LogP contribution is -2.23. The molecule has 1 unspecified atom stereocenters. The number of nitrogens with zero attached hydrogens (tertiary/aromatic N) is 3. The van der Waals surface area contributed by atoms with Gasteiger partial charge in [0.1, 0.15) is 6.04 Å². The summed E-state index contributed by atoms with van der Waals surface area (Å²) in [6, 6.07) is 13.1. The zero-order chi connectivity index (χ0) is 19.0. The van der Waals surface area contributed by atoms with Crippen molar-refractivity contribution in [3.63, 3.8) is 0 Å². The van der Waals surface area contributed by atoms with Crippen LogP contribution < -0.4 is 10.6 Å². The number of amides is 2. The number of hydrogen-bond donors (Lipinski definition) is 2. The van der Waals surface area contributed by atoms with Crippen LogP contribution in [0.1, 0.15) is 12.5 Å². The van der Waals surface area contributed by atoms with E-state index in [-0.39, 0.29) is 18.2 Å². The summed E-state index contributed by atoms with van der Waals surface area (Å²) in [5.74, 6) is 0.0697. The second kappa shape index (κ2) is 7.02. The van der Waals surface area contributed by atoms with Gasteiger partial charge in [0.05, 0.1) is 17.1 Å². The molecule has 0 spiro atoms. The first-order valence-electron chi connectivity index (χ1n) is 8.09. The maximum absolute atomic E-state index is 12.4. The van der Waals surface area contributed by atoms with Crippen molar-refractivity contribution in [1.82, 2.24) is 14.8 Å². The minimum Gasteiger partial charge on any atom is -0.325 e. The van der Waals surface area contributed by atoms with Gasteiger partial charge in [-0.15, -0.1) is 5.10 Å². The molecule has 0 fully saturated rings. The normalized spacial score (nSPS) is 15.3. The molecule has 0 aliphatic carbocycles. The average molecular weight is 402 g/mol. The lowest BCUT2D eigenvalue weighted by Gasteiger charge is -2.10. The Balaban J connectivity index is 1.53. The second-order valence-corrected chi connectivity index (χ2v) is 6.79. The molecular weight excluding hydrogens is 389 g/mol. The maximum Gasteiger partial charge on any atom is 0.252 e. The first-order valence-corrected chi connectivity index (χ1v) is 8.84. The summed E-state index contributed by atoms with van der Waals surface area (Å²) >= 11 is 11.9. The van der Waals surface area contributed by atoms with Crippen molar-refractivity contribution in [2.45, 2.75) is 12.5 Å². The third-order valence-electron chi connectivity index (χ3n) is 4.09. The highest BCUT2D eigenvalue weighted by atomic mass is 35.5. The highest BCUT2D eigenvalue weighted by Crippen LogP contribution is 2.29. The van der Waals surface area contributed by atoms with Crippen LogP contribution in [-0.2, 0) is 9.59 Å². The summed E-state index contributed by atoms with van der Waals surface area (Å²) in [7, 11) is 0. The van der Waals surface area contributed by atoms with Gasteiger partial charge in [-0.2, -0.15) is 4.98 Å². The van der Waals surface area contributed by atoms with Crippen LogP contribution in [0.25, 0.3) is 11.4 Å². The lowest BCUT2D eigenvalue weighted by atomic mass is 10.2. The van der Waals surface area contributed by atoms with Gasteiger partial charge in [0, 0.05) is 10.6 Å². The average Bonchev–Trinajstić information content (AvgIpc) is 3.17. The highest BCUT2D eigenvalue weighted by Gasteiger charge is 2.35. The topological polar surface area (TPSA) is 88.9 Å². The van der Waals surface area contributed by atoms with Crippen LogP contribution in [0.15, 0.2) is 48.5 Å². The molecule has 4 rings (SSSR count). The van der Waals surface area contributed by atoms with Gasteiger partial charge < -0.3 is 5.32 Å². The molecule has 1 aliphatic rings. The van der Waals surface area contributed by atoms with Crippen molar-refractivity contribution in [1.29, 1.82) is 0 Å². The Labute approximate surface area is 164 Å². The van der Waals surface area contributed by atoms with Crippen molar-refractivity contribution < 1.29 is 9.59 Å². The van der Waals surface area contributed by atoms with E-state index in [1.165, 1.54) is 4.68 Å². The second-order valence-electron chi connectivity index (χ2n) is 5.95. The Morgan fingerprint density at radius 3 is 2.63 bits per heavy atom. The van der Waals surface area contributed by atoms with Gasteiger partial charge in [0.15, 0.2) is 5.82 Å². The van der Waals surface area contributed by atoms with E-state index in [1.807, 2.05) is 0 Å². The van der Waals surface area contributed by atoms with E-state index in [1.54, 1.807) is 48.5 Å². The van der Waals surface area contributed by atoms with Crippen LogP contribution >= 0.6 is 23.2 Å². The van der Waals surface area contributed by atoms with Gasteiger partial charge in [-0.05, 0) is 36.4 Å². The molecule has 0 saturated heterocycles. The number of rotatable bonds is 4. The number of hydrogen-bond acceptors (Lipinski definition) is 4. The van der Waals surface area contributed by atoms with Crippen molar-refractivity contribution >= 4 is 46.7 Å². The summed E-state index contributed by atoms with van der Waals surface area (Å²) in [6.45, 7) is 0. The molecule has 7 nitrogen and oxygen atoms in total. The van der Waals surface area contributed by atoms with E-state index in [2.05, 4.69) is 20.7 Å². The van der Waals surface area contributed by atoms with Crippen molar-refractivity contribution in [2.75, 3.05) is 10.6 Å². The molecule has 1 aliphatic heterocycles. The van der Waals surface area contributed by atoms with E-state index in [9.17, 15) is 9.59 Å². The summed E-state index contributed by atoms with van der Waals surface area (Å²) in [4.78, 5) is 28.9. The molecule has 27 heavy (non-hydrogen) atoms. The minimum atomic E-state index is -0.781. The number of fused-ring (bicyclic) bond motifs is 1. The van der Waals surface area contributed by atoms with E-state index < -0.39 is 6.04 Å². The summed E-state index contributed by atoms with van der Waals surface area (Å²) < 4.78 is 1.43. The SMILES string of the molecule is O=C(CC1C(=O)Nc2nc(-c3ccc(Cl)cc3)nn21)Nc1ccccc1Cl. The predicted molar refractivity (Wildman–Crippen MR) is 103 cm³/mol. The van der Waals surface area contributed by atoms with Gasteiger partial charge in [-0.1, -0.05) is 35.3 Å². The number of para-hydroxylation sites is 1. The van der Waals surface area contributed by atoms with Gasteiger partial charge in [-0.3, -0.25) is 14.9 Å². The van der Waals surface area contributed by atoms with E-state index in [0.717, 1.165) is 5.56 Å². The molecule has 2 amide bonds. The molecule has 0 bridgehead atoms. The van der Waals surface area contributed by atoms with Crippen molar-refractivity contribution in [3.8, 4) is 11.4 Å². The molecule has 3 aromatic rings. The molecule has 9 heteroatoms. The molecular formula is C18H13Cl2N5O2. The van der Waals surface area contributed by atoms with Gasteiger partial charge in [0.25, 0.3) is 5.91 Å². The van der Waals surface area contributed by atoms with Crippen LogP contribution in [0.3, 0.4) is 0 Å². The number of carbonyl (C=O) groups excluding carboxylic acids is 2. The Morgan fingerprint density at radius 2 is 1.89 bits per heavy atom. The summed E-state index contributed by atoms with van der Waals surface area (Å²) in [6.07, 6.45) is -0.0898. The van der Waals surface area contributed by atoms with Crippen LogP contribution in [0.5, 0.6) is 0 Å². The Kier molecular flexibility index (Phi) is 4.55. The standard InChI is InChI=1S/C18H13Cl2N5O2/c19-11-7-5-10(6-8-11)16-22-18-23-17(27)14(25(18)24-16)9-15(26)21-13-4-2-1-3-12(13)20/h1-8,14H,9H2,(H,21,26)(H,22,23,24,27). The number of aromatic nitrogens is 3. The monoisotopic (exact) mass is 401 g/mol. The minimum absolute atomic E-state index is 0.0898. The molecule has 0 saturated carbocycles. The number of carbonyl (C=O) groups is 2. The van der Waals surface area contributed by atoms with Crippen LogP contribution in [0.2, 0.25) is 10.0 Å². The fourth-order valence-electron chi connectivity index (χ4n) is 2.77. The maximum atomic E-state index is 12.4. The van der Waals surface area contributed by atoms with Gasteiger partial charge in [0.2, 0.25) is 11.9 Å². The van der Waals surface area contributed by atoms with E-state index >= 15 is 0 Å². The number of halogens is 2. The Bertz CT molecular complexity index is 1030. The van der Waals surface area contributed by atoms with Crippen LogP contribution in [0.4, 0.5) is 11.6 Å². The van der Waals surface area contributed by atoms with Gasteiger partial charge >= 0.3 is 0 Å². The number of anilines is 2. The fraction of sp³-hybridized carbons (Fsp3) is 0.111. The van der Waals surface area contributed by atoms with Gasteiger partial charge in [-0.25, -0.2) is 4.68 Å². The molecule has 1 atom stereocenters. The molecule has 1 aromatic heterocycles. The number of nitrogens with one attached hydrogen (secondary N) is 2. The zero-order valence-electron chi connectivity index (χ0n) is 13.8. The smallest absolute Gasteiger partial charge is 0.252 e.